The van der Waals surface area contributed by atoms with E-state index in [0.29, 0.717) is 45.9 Å². The van der Waals surface area contributed by atoms with E-state index in [-0.39, 0.29) is 12.7 Å². The van der Waals surface area contributed by atoms with E-state index >= 15 is 0 Å². The summed E-state index contributed by atoms with van der Waals surface area (Å²) in [5, 5.41) is 10.7. The number of nitrogens with zero attached hydrogens (tertiary/aromatic N) is 1. The molecule has 2 N–H and O–H groups in total. The van der Waals surface area contributed by atoms with Crippen LogP contribution in [-0.4, -0.2) is 37.1 Å². The van der Waals surface area contributed by atoms with E-state index in [1.807, 2.05) is 18.2 Å². The summed E-state index contributed by atoms with van der Waals surface area (Å²) in [4.78, 5) is 13.1. The predicted molar refractivity (Wildman–Crippen MR) is 110 cm³/mol. The molecule has 3 aromatic rings. The maximum Gasteiger partial charge on any atom is 0.255 e. The number of benzene rings is 2. The number of hydrogen-bond acceptors (Lipinski definition) is 6. The second-order valence-corrected chi connectivity index (χ2v) is 7.23. The van der Waals surface area contributed by atoms with Crippen molar-refractivity contribution in [2.24, 2.45) is 0 Å². The highest BCUT2D eigenvalue weighted by molar-refractivity contribution is 6.07. The zero-order chi connectivity index (χ0) is 20.7. The smallest absolute Gasteiger partial charge is 0.255 e. The van der Waals surface area contributed by atoms with Crippen molar-refractivity contribution in [2.45, 2.75) is 18.8 Å². The van der Waals surface area contributed by atoms with Gasteiger partial charge in [-0.05, 0) is 49.2 Å². The molecule has 30 heavy (non-hydrogen) atoms. The maximum atomic E-state index is 13.1. The average molecular weight is 407 g/mol. The summed E-state index contributed by atoms with van der Waals surface area (Å²) in [7, 11) is 3.10. The topological polar surface area (TPSA) is 94.7 Å². The minimum absolute atomic E-state index is 0.204. The lowest BCUT2D eigenvalue weighted by Gasteiger charge is -2.11. The summed E-state index contributed by atoms with van der Waals surface area (Å²) in [5.41, 5.74) is 3.61. The molecular weight excluding hydrogens is 386 g/mol. The van der Waals surface area contributed by atoms with Crippen LogP contribution in [0.4, 0.5) is 5.69 Å². The van der Waals surface area contributed by atoms with Crippen molar-refractivity contribution in [3.63, 3.8) is 0 Å². The first kappa shape index (κ1) is 18.4. The van der Waals surface area contributed by atoms with Crippen LogP contribution in [-0.2, 0) is 0 Å². The van der Waals surface area contributed by atoms with Crippen LogP contribution in [0.5, 0.6) is 23.0 Å². The molecule has 8 nitrogen and oxygen atoms in total. The molecule has 2 aliphatic rings. The van der Waals surface area contributed by atoms with Gasteiger partial charge in [0.15, 0.2) is 23.0 Å². The van der Waals surface area contributed by atoms with Gasteiger partial charge >= 0.3 is 0 Å². The molecule has 0 saturated heterocycles. The molecule has 1 saturated carbocycles. The number of anilines is 1. The Balaban J connectivity index is 1.49. The number of ether oxygens (including phenoxy) is 4. The Morgan fingerprint density at radius 3 is 2.63 bits per heavy atom. The van der Waals surface area contributed by atoms with Crippen molar-refractivity contribution in [1.29, 1.82) is 0 Å². The quantitative estimate of drug-likeness (QED) is 0.642. The minimum Gasteiger partial charge on any atom is -0.493 e. The number of amides is 1. The summed E-state index contributed by atoms with van der Waals surface area (Å²) in [6, 6.07) is 10.7. The molecule has 154 valence electrons. The highest BCUT2D eigenvalue weighted by Crippen LogP contribution is 2.46. The number of carbonyl (C=O) groups is 1. The Hall–Kier alpha value is -3.68. The fraction of sp³-hybridized carbons (Fsp3) is 0.273. The second kappa shape index (κ2) is 7.29. The van der Waals surface area contributed by atoms with E-state index < -0.39 is 0 Å². The largest absolute Gasteiger partial charge is 0.493 e. The fourth-order valence-corrected chi connectivity index (χ4v) is 3.57. The first-order valence-corrected chi connectivity index (χ1v) is 9.69. The molecule has 5 rings (SSSR count). The van der Waals surface area contributed by atoms with Crippen LogP contribution in [0.2, 0.25) is 0 Å². The van der Waals surface area contributed by atoms with Crippen LogP contribution in [0.1, 0.15) is 34.8 Å². The number of methoxy groups -OCH3 is 2. The lowest BCUT2D eigenvalue weighted by molar-refractivity contribution is 0.102. The van der Waals surface area contributed by atoms with Crippen LogP contribution in [0, 0.1) is 0 Å². The van der Waals surface area contributed by atoms with Crippen LogP contribution in [0.25, 0.3) is 11.3 Å². The normalized spacial score (nSPS) is 14.5. The molecule has 0 unspecified atom stereocenters. The van der Waals surface area contributed by atoms with Gasteiger partial charge in [0, 0.05) is 17.0 Å². The van der Waals surface area contributed by atoms with Gasteiger partial charge < -0.3 is 24.3 Å². The van der Waals surface area contributed by atoms with Crippen LogP contribution in [0.15, 0.2) is 36.4 Å². The zero-order valence-corrected chi connectivity index (χ0v) is 16.7. The van der Waals surface area contributed by atoms with Gasteiger partial charge in [-0.1, -0.05) is 0 Å². The molecule has 0 radical (unpaired) electrons. The van der Waals surface area contributed by atoms with Crippen LogP contribution in [0.3, 0.4) is 0 Å². The summed E-state index contributed by atoms with van der Waals surface area (Å²) >= 11 is 0. The lowest BCUT2D eigenvalue weighted by atomic mass is 10.1. The molecule has 0 atom stereocenters. The maximum absolute atomic E-state index is 13.1. The number of nitrogens with one attached hydrogen (secondary N) is 2. The minimum atomic E-state index is -0.249. The molecule has 1 aromatic heterocycles. The fourth-order valence-electron chi connectivity index (χ4n) is 3.57. The molecule has 1 aliphatic heterocycles. The van der Waals surface area contributed by atoms with Gasteiger partial charge in [-0.3, -0.25) is 9.89 Å². The highest BCUT2D eigenvalue weighted by atomic mass is 16.7. The SMILES string of the molecule is COc1ccc(C(=O)Nc2c(-c3ccc4c(c3)OCO4)n[nH]c2C2CC2)cc1OC. The Bertz CT molecular complexity index is 1120. The third kappa shape index (κ3) is 3.20. The number of aromatic nitrogens is 2. The van der Waals surface area contributed by atoms with Gasteiger partial charge in [0.25, 0.3) is 5.91 Å². The van der Waals surface area contributed by atoms with Gasteiger partial charge in [0.1, 0.15) is 5.69 Å². The monoisotopic (exact) mass is 407 g/mol. The molecular formula is C22H21N3O5. The van der Waals surface area contributed by atoms with Gasteiger partial charge in [0.05, 0.1) is 25.6 Å². The summed E-state index contributed by atoms with van der Waals surface area (Å²) < 4.78 is 21.5. The number of carbonyl (C=O) groups excluding carboxylic acids is 1. The van der Waals surface area contributed by atoms with Crippen molar-refractivity contribution in [3.05, 3.63) is 47.7 Å². The molecule has 1 amide bonds. The number of rotatable bonds is 6. The third-order valence-corrected chi connectivity index (χ3v) is 5.31. The van der Waals surface area contributed by atoms with Crippen molar-refractivity contribution in [3.8, 4) is 34.3 Å². The first-order valence-electron chi connectivity index (χ1n) is 9.69. The number of fused-ring (bicyclic) bond motifs is 1. The number of hydrogen-bond donors (Lipinski definition) is 2. The van der Waals surface area contributed by atoms with Crippen molar-refractivity contribution < 1.29 is 23.7 Å². The van der Waals surface area contributed by atoms with Gasteiger partial charge in [-0.25, -0.2) is 0 Å². The van der Waals surface area contributed by atoms with E-state index in [0.717, 1.165) is 24.1 Å². The number of H-pyrrole nitrogens is 1. The molecule has 2 aromatic carbocycles. The third-order valence-electron chi connectivity index (χ3n) is 5.31. The molecule has 0 spiro atoms. The average Bonchev–Trinajstić information content (AvgIpc) is 3.36. The Morgan fingerprint density at radius 2 is 1.87 bits per heavy atom. The van der Waals surface area contributed by atoms with Crippen LogP contribution < -0.4 is 24.3 Å². The molecule has 2 heterocycles. The predicted octanol–water partition coefficient (Wildman–Crippen LogP) is 3.95. The molecule has 1 fully saturated rings. The van der Waals surface area contributed by atoms with Crippen molar-refractivity contribution in [2.75, 3.05) is 26.3 Å². The highest BCUT2D eigenvalue weighted by Gasteiger charge is 2.31. The van der Waals surface area contributed by atoms with Crippen molar-refractivity contribution in [1.82, 2.24) is 10.2 Å². The lowest BCUT2D eigenvalue weighted by Crippen LogP contribution is -2.13. The van der Waals surface area contributed by atoms with E-state index in [1.165, 1.54) is 0 Å². The second-order valence-electron chi connectivity index (χ2n) is 7.23. The van der Waals surface area contributed by atoms with E-state index in [4.69, 9.17) is 18.9 Å². The molecule has 0 bridgehead atoms. The van der Waals surface area contributed by atoms with E-state index in [1.54, 1.807) is 32.4 Å². The summed E-state index contributed by atoms with van der Waals surface area (Å²) in [5.74, 6) is 2.56. The van der Waals surface area contributed by atoms with Gasteiger partial charge in [-0.15, -0.1) is 0 Å². The zero-order valence-electron chi connectivity index (χ0n) is 16.7. The van der Waals surface area contributed by atoms with Gasteiger partial charge in [0.2, 0.25) is 6.79 Å². The summed E-state index contributed by atoms with van der Waals surface area (Å²) in [6.45, 7) is 0.204. The van der Waals surface area contributed by atoms with Crippen LogP contribution >= 0.6 is 0 Å². The molecule has 8 heteroatoms. The van der Waals surface area contributed by atoms with Crippen molar-refractivity contribution >= 4 is 11.6 Å². The van der Waals surface area contributed by atoms with E-state index in [9.17, 15) is 4.79 Å². The molecule has 1 aliphatic carbocycles. The Kier molecular flexibility index (Phi) is 4.46. The van der Waals surface area contributed by atoms with Gasteiger partial charge in [-0.2, -0.15) is 5.10 Å². The standard InChI is InChI=1S/C22H21N3O5/c1-27-15-7-6-14(10-17(15)28-2)22(26)23-21-19(12-3-4-12)24-25-20(21)13-5-8-16-18(9-13)30-11-29-16/h5-10,12H,3-4,11H2,1-2H3,(H,23,26)(H,24,25). The Morgan fingerprint density at radius 1 is 1.07 bits per heavy atom. The van der Waals surface area contributed by atoms with E-state index in [2.05, 4.69) is 15.5 Å². The number of aromatic amines is 1. The summed E-state index contributed by atoms with van der Waals surface area (Å²) in [6.07, 6.45) is 2.14. The Labute approximate surface area is 173 Å². The first-order chi connectivity index (χ1) is 14.7.